The number of rotatable bonds is 3. The van der Waals surface area contributed by atoms with Crippen LogP contribution in [0.2, 0.25) is 0 Å². The Balaban J connectivity index is 1.77. The maximum absolute atomic E-state index is 11.7. The number of piperidine rings is 1. The van der Waals surface area contributed by atoms with Crippen LogP contribution in [-0.4, -0.2) is 36.3 Å². The standard InChI is InChI=1S/C14H23N3O2S/c1-14(2,3)19-13(18)16-9-11-5-4-7-17(10-11)12-15-6-8-20-12/h6,8,11H,4-5,7,9-10H2,1-3H3,(H,16,18). The third kappa shape index (κ3) is 4.67. The summed E-state index contributed by atoms with van der Waals surface area (Å²) >= 11 is 1.67. The number of alkyl carbamates (subject to hydrolysis) is 1. The lowest BCUT2D eigenvalue weighted by Crippen LogP contribution is -2.42. The second kappa shape index (κ2) is 6.43. The van der Waals surface area contributed by atoms with Crippen molar-refractivity contribution in [3.8, 4) is 0 Å². The molecule has 1 unspecified atom stereocenters. The van der Waals surface area contributed by atoms with Gasteiger partial charge in [0.15, 0.2) is 5.13 Å². The summed E-state index contributed by atoms with van der Waals surface area (Å²) in [7, 11) is 0. The van der Waals surface area contributed by atoms with Crippen LogP contribution in [0.4, 0.5) is 9.93 Å². The number of hydrogen-bond donors (Lipinski definition) is 1. The molecule has 2 rings (SSSR count). The van der Waals surface area contributed by atoms with E-state index in [-0.39, 0.29) is 6.09 Å². The number of carbonyl (C=O) groups is 1. The van der Waals surface area contributed by atoms with Crippen molar-refractivity contribution in [1.82, 2.24) is 10.3 Å². The summed E-state index contributed by atoms with van der Waals surface area (Å²) in [6.45, 7) is 8.28. The highest BCUT2D eigenvalue weighted by atomic mass is 32.1. The van der Waals surface area contributed by atoms with Gasteiger partial charge in [-0.05, 0) is 39.5 Å². The second-order valence-corrected chi connectivity index (χ2v) is 7.02. The Morgan fingerprint density at radius 1 is 1.60 bits per heavy atom. The van der Waals surface area contributed by atoms with E-state index >= 15 is 0 Å². The Labute approximate surface area is 124 Å². The smallest absolute Gasteiger partial charge is 0.407 e. The van der Waals surface area contributed by atoms with Gasteiger partial charge in [0, 0.05) is 31.2 Å². The van der Waals surface area contributed by atoms with Crippen LogP contribution in [0, 0.1) is 5.92 Å². The number of anilines is 1. The molecule has 0 radical (unpaired) electrons. The molecule has 0 aromatic carbocycles. The zero-order valence-electron chi connectivity index (χ0n) is 12.4. The van der Waals surface area contributed by atoms with Crippen LogP contribution in [0.3, 0.4) is 0 Å². The first-order valence-electron chi connectivity index (χ1n) is 7.05. The van der Waals surface area contributed by atoms with Crippen molar-refractivity contribution in [3.63, 3.8) is 0 Å². The van der Waals surface area contributed by atoms with E-state index in [4.69, 9.17) is 4.74 Å². The molecule has 0 spiro atoms. The van der Waals surface area contributed by atoms with E-state index in [9.17, 15) is 4.79 Å². The Bertz CT molecular complexity index is 428. The molecule has 112 valence electrons. The molecular weight excluding hydrogens is 274 g/mol. The molecule has 1 aromatic rings. The van der Waals surface area contributed by atoms with Gasteiger partial charge in [-0.3, -0.25) is 0 Å². The average molecular weight is 297 g/mol. The van der Waals surface area contributed by atoms with Gasteiger partial charge in [-0.25, -0.2) is 9.78 Å². The maximum Gasteiger partial charge on any atom is 0.407 e. The minimum atomic E-state index is -0.441. The van der Waals surface area contributed by atoms with Crippen molar-refractivity contribution >= 4 is 22.6 Å². The number of ether oxygens (including phenoxy) is 1. The first-order chi connectivity index (χ1) is 9.44. The van der Waals surface area contributed by atoms with Gasteiger partial charge in [0.05, 0.1) is 0 Å². The van der Waals surface area contributed by atoms with Crippen molar-refractivity contribution < 1.29 is 9.53 Å². The fourth-order valence-corrected chi connectivity index (χ4v) is 3.00. The lowest BCUT2D eigenvalue weighted by molar-refractivity contribution is 0.0517. The van der Waals surface area contributed by atoms with Crippen molar-refractivity contribution in [2.75, 3.05) is 24.5 Å². The van der Waals surface area contributed by atoms with Crippen molar-refractivity contribution in [2.45, 2.75) is 39.2 Å². The molecule has 1 aromatic heterocycles. The SMILES string of the molecule is CC(C)(C)OC(=O)NCC1CCCN(c2nccs2)C1. The van der Waals surface area contributed by atoms with E-state index in [1.165, 1.54) is 0 Å². The van der Waals surface area contributed by atoms with Gasteiger partial charge < -0.3 is 15.0 Å². The van der Waals surface area contributed by atoms with Gasteiger partial charge in [0.25, 0.3) is 0 Å². The van der Waals surface area contributed by atoms with Crippen LogP contribution in [0.25, 0.3) is 0 Å². The number of hydrogen-bond acceptors (Lipinski definition) is 5. The van der Waals surface area contributed by atoms with Gasteiger partial charge in [-0.2, -0.15) is 0 Å². The van der Waals surface area contributed by atoms with Gasteiger partial charge in [-0.1, -0.05) is 0 Å². The van der Waals surface area contributed by atoms with Crippen molar-refractivity contribution in [3.05, 3.63) is 11.6 Å². The predicted molar refractivity (Wildman–Crippen MR) is 81.3 cm³/mol. The predicted octanol–water partition coefficient (Wildman–Crippen LogP) is 2.88. The Morgan fingerprint density at radius 2 is 2.40 bits per heavy atom. The van der Waals surface area contributed by atoms with E-state index in [0.29, 0.717) is 12.5 Å². The average Bonchev–Trinajstić information content (AvgIpc) is 2.88. The number of nitrogens with one attached hydrogen (secondary N) is 1. The summed E-state index contributed by atoms with van der Waals surface area (Å²) in [5.41, 5.74) is -0.441. The number of thiazole rings is 1. The molecule has 5 nitrogen and oxygen atoms in total. The Morgan fingerprint density at radius 3 is 3.05 bits per heavy atom. The summed E-state index contributed by atoms with van der Waals surface area (Å²) in [5, 5.41) is 5.94. The number of aromatic nitrogens is 1. The van der Waals surface area contributed by atoms with E-state index < -0.39 is 5.60 Å². The zero-order chi connectivity index (χ0) is 14.6. The molecule has 1 aliphatic rings. The summed E-state index contributed by atoms with van der Waals surface area (Å²) in [5.74, 6) is 0.458. The molecule has 1 amide bonds. The molecule has 1 N–H and O–H groups in total. The number of nitrogens with zero attached hydrogens (tertiary/aromatic N) is 2. The molecule has 1 fully saturated rings. The fourth-order valence-electron chi connectivity index (χ4n) is 2.32. The van der Waals surface area contributed by atoms with Gasteiger partial charge in [0.1, 0.15) is 5.60 Å². The molecule has 1 saturated heterocycles. The van der Waals surface area contributed by atoms with Gasteiger partial charge in [0.2, 0.25) is 0 Å². The van der Waals surface area contributed by atoms with E-state index in [1.54, 1.807) is 11.3 Å². The second-order valence-electron chi connectivity index (χ2n) is 6.15. The topological polar surface area (TPSA) is 54.5 Å². The molecule has 2 heterocycles. The number of carbonyl (C=O) groups excluding carboxylic acids is 1. The Hall–Kier alpha value is -1.30. The lowest BCUT2D eigenvalue weighted by Gasteiger charge is -2.32. The summed E-state index contributed by atoms with van der Waals surface area (Å²) in [6, 6.07) is 0. The highest BCUT2D eigenvalue weighted by Crippen LogP contribution is 2.24. The van der Waals surface area contributed by atoms with E-state index in [1.807, 2.05) is 32.3 Å². The van der Waals surface area contributed by atoms with Crippen LogP contribution in [0.1, 0.15) is 33.6 Å². The molecule has 0 saturated carbocycles. The van der Waals surface area contributed by atoms with Crippen LogP contribution in [0.15, 0.2) is 11.6 Å². The molecule has 0 bridgehead atoms. The lowest BCUT2D eigenvalue weighted by atomic mass is 9.98. The normalized spacial score (nSPS) is 19.8. The quantitative estimate of drug-likeness (QED) is 0.932. The summed E-state index contributed by atoms with van der Waals surface area (Å²) in [4.78, 5) is 18.3. The highest BCUT2D eigenvalue weighted by molar-refractivity contribution is 7.13. The zero-order valence-corrected chi connectivity index (χ0v) is 13.2. The van der Waals surface area contributed by atoms with Crippen LogP contribution >= 0.6 is 11.3 Å². The van der Waals surface area contributed by atoms with E-state index in [2.05, 4.69) is 15.2 Å². The van der Waals surface area contributed by atoms with Crippen LogP contribution in [-0.2, 0) is 4.74 Å². The first-order valence-corrected chi connectivity index (χ1v) is 7.93. The maximum atomic E-state index is 11.7. The molecule has 1 atom stereocenters. The van der Waals surface area contributed by atoms with Gasteiger partial charge >= 0.3 is 6.09 Å². The molecular formula is C14H23N3O2S. The largest absolute Gasteiger partial charge is 0.444 e. The third-order valence-electron chi connectivity index (χ3n) is 3.14. The first kappa shape index (κ1) is 15.1. The van der Waals surface area contributed by atoms with Crippen LogP contribution < -0.4 is 10.2 Å². The van der Waals surface area contributed by atoms with Gasteiger partial charge in [-0.15, -0.1) is 11.3 Å². The van der Waals surface area contributed by atoms with E-state index in [0.717, 1.165) is 31.1 Å². The van der Waals surface area contributed by atoms with Crippen molar-refractivity contribution in [2.24, 2.45) is 5.92 Å². The summed E-state index contributed by atoms with van der Waals surface area (Å²) < 4.78 is 5.25. The molecule has 1 aliphatic heterocycles. The minimum Gasteiger partial charge on any atom is -0.444 e. The number of amides is 1. The molecule has 20 heavy (non-hydrogen) atoms. The minimum absolute atomic E-state index is 0.330. The molecule has 0 aliphatic carbocycles. The highest BCUT2D eigenvalue weighted by Gasteiger charge is 2.23. The third-order valence-corrected chi connectivity index (χ3v) is 3.97. The summed E-state index contributed by atoms with van der Waals surface area (Å²) in [6.07, 6.45) is 3.78. The fraction of sp³-hybridized carbons (Fsp3) is 0.714. The Kier molecular flexibility index (Phi) is 4.86. The monoisotopic (exact) mass is 297 g/mol. The van der Waals surface area contributed by atoms with Crippen LogP contribution in [0.5, 0.6) is 0 Å². The molecule has 6 heteroatoms. The van der Waals surface area contributed by atoms with Crippen molar-refractivity contribution in [1.29, 1.82) is 0 Å².